The van der Waals surface area contributed by atoms with Crippen molar-refractivity contribution in [3.05, 3.63) is 29.6 Å². The maximum atomic E-state index is 13.9. The zero-order chi connectivity index (χ0) is 16.0. The second kappa shape index (κ2) is 7.55. The Hall–Kier alpha value is -1.42. The minimum Gasteiger partial charge on any atom is -0.494 e. The molecule has 0 fully saturated rings. The minimum atomic E-state index is -0.565. The molecule has 21 heavy (non-hydrogen) atoms. The number of hydrogen-bond acceptors (Lipinski definition) is 3. The smallest absolute Gasteiger partial charge is 0.183 e. The number of carbonyl (C=O) groups is 1. The SMILES string of the molecule is CCN(CC)C(CC)(CC)C(=O)c1ccc(OC)c(F)c1. The highest BCUT2D eigenvalue weighted by Gasteiger charge is 2.39. The molecule has 0 bridgehead atoms. The molecule has 0 saturated carbocycles. The Balaban J connectivity index is 3.26. The largest absolute Gasteiger partial charge is 0.494 e. The first-order valence-electron chi connectivity index (χ1n) is 7.64. The van der Waals surface area contributed by atoms with Gasteiger partial charge >= 0.3 is 0 Å². The van der Waals surface area contributed by atoms with Crippen LogP contribution in [0.25, 0.3) is 0 Å². The lowest BCUT2D eigenvalue weighted by Crippen LogP contribution is -2.53. The molecule has 0 unspecified atom stereocenters. The number of ketones is 1. The molecule has 0 spiro atoms. The number of methoxy groups -OCH3 is 1. The summed E-state index contributed by atoms with van der Waals surface area (Å²) in [6.07, 6.45) is 1.41. The average molecular weight is 295 g/mol. The van der Waals surface area contributed by atoms with E-state index in [4.69, 9.17) is 4.74 Å². The van der Waals surface area contributed by atoms with Gasteiger partial charge in [-0.2, -0.15) is 0 Å². The number of benzene rings is 1. The third kappa shape index (κ3) is 3.26. The third-order valence-corrected chi connectivity index (χ3v) is 4.38. The first-order valence-corrected chi connectivity index (χ1v) is 7.64. The lowest BCUT2D eigenvalue weighted by molar-refractivity contribution is 0.0534. The molecular weight excluding hydrogens is 269 g/mol. The van der Waals surface area contributed by atoms with E-state index in [0.29, 0.717) is 18.4 Å². The number of Topliss-reactive ketones (excluding diaryl/α,β-unsaturated/α-hetero) is 1. The van der Waals surface area contributed by atoms with Crippen LogP contribution < -0.4 is 4.74 Å². The van der Waals surface area contributed by atoms with E-state index < -0.39 is 11.4 Å². The van der Waals surface area contributed by atoms with Crippen molar-refractivity contribution in [2.24, 2.45) is 0 Å². The van der Waals surface area contributed by atoms with E-state index in [9.17, 15) is 9.18 Å². The number of hydrogen-bond donors (Lipinski definition) is 0. The van der Waals surface area contributed by atoms with Gasteiger partial charge in [0.1, 0.15) is 0 Å². The van der Waals surface area contributed by atoms with E-state index in [0.717, 1.165) is 13.1 Å². The molecule has 1 aromatic carbocycles. The van der Waals surface area contributed by atoms with Crippen molar-refractivity contribution in [3.8, 4) is 5.75 Å². The van der Waals surface area contributed by atoms with Gasteiger partial charge in [-0.25, -0.2) is 4.39 Å². The summed E-state index contributed by atoms with van der Waals surface area (Å²) < 4.78 is 18.8. The van der Waals surface area contributed by atoms with Crippen LogP contribution in [-0.2, 0) is 0 Å². The molecule has 4 heteroatoms. The van der Waals surface area contributed by atoms with Crippen molar-refractivity contribution in [3.63, 3.8) is 0 Å². The van der Waals surface area contributed by atoms with Crippen molar-refractivity contribution < 1.29 is 13.9 Å². The Labute approximate surface area is 127 Å². The quantitative estimate of drug-likeness (QED) is 0.681. The van der Waals surface area contributed by atoms with Crippen LogP contribution in [0.2, 0.25) is 0 Å². The second-order valence-corrected chi connectivity index (χ2v) is 5.09. The summed E-state index contributed by atoms with van der Waals surface area (Å²) in [7, 11) is 1.41. The van der Waals surface area contributed by atoms with Crippen molar-refractivity contribution in [2.75, 3.05) is 20.2 Å². The molecule has 0 saturated heterocycles. The summed E-state index contributed by atoms with van der Waals surface area (Å²) in [6.45, 7) is 9.71. The monoisotopic (exact) mass is 295 g/mol. The molecule has 0 atom stereocenters. The predicted molar refractivity (Wildman–Crippen MR) is 83.5 cm³/mol. The third-order valence-electron chi connectivity index (χ3n) is 4.38. The van der Waals surface area contributed by atoms with Crippen LogP contribution >= 0.6 is 0 Å². The van der Waals surface area contributed by atoms with Crippen molar-refractivity contribution in [1.29, 1.82) is 0 Å². The molecule has 0 aliphatic heterocycles. The Morgan fingerprint density at radius 1 is 1.19 bits per heavy atom. The zero-order valence-corrected chi connectivity index (χ0v) is 13.7. The summed E-state index contributed by atoms with van der Waals surface area (Å²) in [6, 6.07) is 4.44. The molecule has 0 aliphatic carbocycles. The summed E-state index contributed by atoms with van der Waals surface area (Å²) in [5, 5.41) is 0. The molecular formula is C17H26FNO2. The lowest BCUT2D eigenvalue weighted by Gasteiger charge is -2.41. The molecule has 118 valence electrons. The van der Waals surface area contributed by atoms with Crippen LogP contribution in [0.1, 0.15) is 50.9 Å². The normalized spacial score (nSPS) is 11.8. The highest BCUT2D eigenvalue weighted by atomic mass is 19.1. The van der Waals surface area contributed by atoms with E-state index in [-0.39, 0.29) is 11.5 Å². The van der Waals surface area contributed by atoms with E-state index in [1.807, 2.05) is 27.7 Å². The Morgan fingerprint density at radius 2 is 1.76 bits per heavy atom. The fourth-order valence-electron chi connectivity index (χ4n) is 3.07. The molecule has 0 N–H and O–H groups in total. The first kappa shape index (κ1) is 17.6. The number of ether oxygens (including phenoxy) is 1. The molecule has 0 aliphatic rings. The molecule has 0 heterocycles. The van der Waals surface area contributed by atoms with E-state index in [1.165, 1.54) is 19.2 Å². The van der Waals surface area contributed by atoms with E-state index in [2.05, 4.69) is 4.90 Å². The van der Waals surface area contributed by atoms with E-state index in [1.54, 1.807) is 6.07 Å². The van der Waals surface area contributed by atoms with Gasteiger partial charge in [0, 0.05) is 5.56 Å². The second-order valence-electron chi connectivity index (χ2n) is 5.09. The summed E-state index contributed by atoms with van der Waals surface area (Å²) in [5.74, 6) is -0.352. The number of nitrogens with zero attached hydrogens (tertiary/aromatic N) is 1. The van der Waals surface area contributed by atoms with Crippen LogP contribution in [0.15, 0.2) is 18.2 Å². The van der Waals surface area contributed by atoms with Crippen LogP contribution in [0, 0.1) is 5.82 Å². The molecule has 0 radical (unpaired) electrons. The van der Waals surface area contributed by atoms with Gasteiger partial charge in [0.2, 0.25) is 0 Å². The molecule has 1 rings (SSSR count). The molecule has 1 aromatic rings. The van der Waals surface area contributed by atoms with Gasteiger partial charge in [-0.05, 0) is 44.1 Å². The summed E-state index contributed by atoms with van der Waals surface area (Å²) in [4.78, 5) is 15.2. The fraction of sp³-hybridized carbons (Fsp3) is 0.588. The van der Waals surface area contributed by atoms with Gasteiger partial charge in [0.25, 0.3) is 0 Å². The average Bonchev–Trinajstić information content (AvgIpc) is 2.52. The van der Waals surface area contributed by atoms with Crippen LogP contribution in [0.3, 0.4) is 0 Å². The van der Waals surface area contributed by atoms with Crippen molar-refractivity contribution in [2.45, 2.75) is 46.1 Å². The minimum absolute atomic E-state index is 0.0160. The molecule has 3 nitrogen and oxygen atoms in total. The maximum Gasteiger partial charge on any atom is 0.183 e. The van der Waals surface area contributed by atoms with Gasteiger partial charge in [0.05, 0.1) is 12.6 Å². The number of rotatable bonds is 8. The van der Waals surface area contributed by atoms with Crippen molar-refractivity contribution >= 4 is 5.78 Å². The van der Waals surface area contributed by atoms with E-state index >= 15 is 0 Å². The fourth-order valence-corrected chi connectivity index (χ4v) is 3.07. The number of halogens is 1. The van der Waals surface area contributed by atoms with Crippen molar-refractivity contribution in [1.82, 2.24) is 4.90 Å². The highest BCUT2D eigenvalue weighted by Crippen LogP contribution is 2.30. The van der Waals surface area contributed by atoms with Crippen LogP contribution in [0.5, 0.6) is 5.75 Å². The van der Waals surface area contributed by atoms with Crippen LogP contribution in [0.4, 0.5) is 4.39 Å². The lowest BCUT2D eigenvalue weighted by atomic mass is 9.82. The highest BCUT2D eigenvalue weighted by molar-refractivity contribution is 6.03. The first-order chi connectivity index (χ1) is 10.00. The molecule has 0 aromatic heterocycles. The number of likely N-dealkylation sites (N-methyl/N-ethyl adjacent to an activating group) is 1. The zero-order valence-electron chi connectivity index (χ0n) is 13.7. The topological polar surface area (TPSA) is 29.5 Å². The predicted octanol–water partition coefficient (Wildman–Crippen LogP) is 3.92. The maximum absolute atomic E-state index is 13.9. The van der Waals surface area contributed by atoms with Gasteiger partial charge in [-0.15, -0.1) is 0 Å². The van der Waals surface area contributed by atoms with Gasteiger partial charge in [0.15, 0.2) is 17.3 Å². The summed E-state index contributed by atoms with van der Waals surface area (Å²) >= 11 is 0. The van der Waals surface area contributed by atoms with Gasteiger partial charge in [-0.3, -0.25) is 9.69 Å². The standard InChI is InChI=1S/C17H26FNO2/c1-6-17(7-2,19(8-3)9-4)16(20)13-10-11-15(21-5)14(18)12-13/h10-12H,6-9H2,1-5H3. The molecule has 0 amide bonds. The number of carbonyl (C=O) groups excluding carboxylic acids is 1. The van der Waals surface area contributed by atoms with Gasteiger partial charge in [-0.1, -0.05) is 27.7 Å². The Morgan fingerprint density at radius 3 is 2.14 bits per heavy atom. The van der Waals surface area contributed by atoms with Crippen LogP contribution in [-0.4, -0.2) is 36.4 Å². The summed E-state index contributed by atoms with van der Waals surface area (Å²) in [5.41, 5.74) is -0.159. The Bertz CT molecular complexity index is 480. The Kier molecular flexibility index (Phi) is 6.34. The van der Waals surface area contributed by atoms with Gasteiger partial charge < -0.3 is 4.74 Å².